The molecule has 2 aromatic carbocycles. The van der Waals surface area contributed by atoms with Crippen molar-refractivity contribution in [2.75, 3.05) is 13.7 Å². The van der Waals surface area contributed by atoms with Crippen LogP contribution in [0.1, 0.15) is 18.1 Å². The van der Waals surface area contributed by atoms with E-state index < -0.39 is 0 Å². The Morgan fingerprint density at radius 2 is 1.65 bits per heavy atom. The molecule has 0 aliphatic rings. The first-order valence-electron chi connectivity index (χ1n) is 6.47. The third-order valence-electron chi connectivity index (χ3n) is 2.79. The van der Waals surface area contributed by atoms with Gasteiger partial charge in [0.05, 0.1) is 13.7 Å². The molecule has 2 nitrogen and oxygen atoms in total. The van der Waals surface area contributed by atoms with E-state index in [-0.39, 0.29) is 0 Å². The number of ether oxygens (including phenoxy) is 2. The van der Waals surface area contributed by atoms with E-state index in [9.17, 15) is 0 Å². The van der Waals surface area contributed by atoms with Gasteiger partial charge in [0.1, 0.15) is 11.5 Å². The molecule has 0 aliphatic carbocycles. The van der Waals surface area contributed by atoms with Crippen LogP contribution >= 0.6 is 15.9 Å². The topological polar surface area (TPSA) is 18.5 Å². The van der Waals surface area contributed by atoms with Crippen molar-refractivity contribution < 1.29 is 9.47 Å². The standard InChI is InChI=1S/C17H17BrO2/c1-3-20-16-8-6-13(7-9-16)4-5-14-10-15(18)12-17(11-14)19-2/h4-12H,3H2,1-2H3/b5-4+. The minimum absolute atomic E-state index is 0.688. The predicted molar refractivity (Wildman–Crippen MR) is 87.2 cm³/mol. The molecule has 0 amide bonds. The van der Waals surface area contributed by atoms with Crippen LogP contribution in [0.4, 0.5) is 0 Å². The summed E-state index contributed by atoms with van der Waals surface area (Å²) in [6.07, 6.45) is 4.12. The monoisotopic (exact) mass is 332 g/mol. The van der Waals surface area contributed by atoms with Crippen LogP contribution in [0.5, 0.6) is 11.5 Å². The van der Waals surface area contributed by atoms with Gasteiger partial charge in [-0.2, -0.15) is 0 Å². The molecule has 0 N–H and O–H groups in total. The highest BCUT2D eigenvalue weighted by Gasteiger charge is 1.97. The molecule has 2 aromatic rings. The molecule has 2 rings (SSSR count). The minimum Gasteiger partial charge on any atom is -0.497 e. The third kappa shape index (κ3) is 4.14. The molecule has 0 fully saturated rings. The van der Waals surface area contributed by atoms with Gasteiger partial charge in [0, 0.05) is 4.47 Å². The zero-order chi connectivity index (χ0) is 14.4. The van der Waals surface area contributed by atoms with Gasteiger partial charge in [-0.3, -0.25) is 0 Å². The average molecular weight is 333 g/mol. The first-order valence-corrected chi connectivity index (χ1v) is 7.26. The van der Waals surface area contributed by atoms with E-state index in [1.54, 1.807) is 7.11 Å². The Morgan fingerprint density at radius 3 is 2.30 bits per heavy atom. The highest BCUT2D eigenvalue weighted by atomic mass is 79.9. The van der Waals surface area contributed by atoms with E-state index in [0.717, 1.165) is 27.1 Å². The summed E-state index contributed by atoms with van der Waals surface area (Å²) in [5.41, 5.74) is 2.22. The fourth-order valence-electron chi connectivity index (χ4n) is 1.83. The minimum atomic E-state index is 0.688. The number of rotatable bonds is 5. The summed E-state index contributed by atoms with van der Waals surface area (Å²) in [4.78, 5) is 0. The number of hydrogen-bond acceptors (Lipinski definition) is 2. The Morgan fingerprint density at radius 1 is 0.950 bits per heavy atom. The Balaban J connectivity index is 2.14. The zero-order valence-electron chi connectivity index (χ0n) is 11.6. The Kier molecular flexibility index (Phi) is 5.24. The molecule has 0 saturated carbocycles. The highest BCUT2D eigenvalue weighted by Crippen LogP contribution is 2.23. The highest BCUT2D eigenvalue weighted by molar-refractivity contribution is 9.10. The molecule has 0 aliphatic heterocycles. The number of methoxy groups -OCH3 is 1. The maximum atomic E-state index is 5.42. The van der Waals surface area contributed by atoms with Gasteiger partial charge >= 0.3 is 0 Å². The number of benzene rings is 2. The van der Waals surface area contributed by atoms with Gasteiger partial charge in [-0.1, -0.05) is 40.2 Å². The van der Waals surface area contributed by atoms with Gasteiger partial charge in [0.15, 0.2) is 0 Å². The van der Waals surface area contributed by atoms with Gasteiger partial charge in [-0.05, 0) is 48.4 Å². The van der Waals surface area contributed by atoms with Crippen LogP contribution in [0.15, 0.2) is 46.9 Å². The van der Waals surface area contributed by atoms with Crippen LogP contribution in [0, 0.1) is 0 Å². The summed E-state index contributed by atoms with van der Waals surface area (Å²) in [5.74, 6) is 1.74. The second kappa shape index (κ2) is 7.15. The summed E-state index contributed by atoms with van der Waals surface area (Å²) in [7, 11) is 1.67. The molecule has 0 heterocycles. The molecular formula is C17H17BrO2. The molecule has 0 saturated heterocycles. The van der Waals surface area contributed by atoms with E-state index in [4.69, 9.17) is 9.47 Å². The van der Waals surface area contributed by atoms with Crippen LogP contribution < -0.4 is 9.47 Å². The fraction of sp³-hybridized carbons (Fsp3) is 0.176. The van der Waals surface area contributed by atoms with Crippen molar-refractivity contribution in [3.63, 3.8) is 0 Å². The van der Waals surface area contributed by atoms with E-state index in [1.807, 2.05) is 49.4 Å². The summed E-state index contributed by atoms with van der Waals surface area (Å²) in [6, 6.07) is 14.0. The van der Waals surface area contributed by atoms with Gasteiger partial charge in [-0.25, -0.2) is 0 Å². The van der Waals surface area contributed by atoms with E-state index in [2.05, 4.69) is 28.1 Å². The lowest BCUT2D eigenvalue weighted by Crippen LogP contribution is -1.90. The van der Waals surface area contributed by atoms with Crippen molar-refractivity contribution in [3.05, 3.63) is 58.1 Å². The second-order valence-corrected chi connectivity index (χ2v) is 5.18. The summed E-state index contributed by atoms with van der Waals surface area (Å²) in [6.45, 7) is 2.67. The van der Waals surface area contributed by atoms with Crippen molar-refractivity contribution >= 4 is 28.1 Å². The van der Waals surface area contributed by atoms with Gasteiger partial charge < -0.3 is 9.47 Å². The summed E-state index contributed by atoms with van der Waals surface area (Å²) in [5, 5.41) is 0. The largest absolute Gasteiger partial charge is 0.497 e. The Hall–Kier alpha value is -1.74. The van der Waals surface area contributed by atoms with E-state index in [0.29, 0.717) is 6.61 Å². The lowest BCUT2D eigenvalue weighted by Gasteiger charge is -2.03. The lowest BCUT2D eigenvalue weighted by molar-refractivity contribution is 0.340. The van der Waals surface area contributed by atoms with Crippen LogP contribution in [0.2, 0.25) is 0 Å². The quantitative estimate of drug-likeness (QED) is 0.715. The smallest absolute Gasteiger partial charge is 0.120 e. The second-order valence-electron chi connectivity index (χ2n) is 4.26. The van der Waals surface area contributed by atoms with Gasteiger partial charge in [-0.15, -0.1) is 0 Å². The summed E-state index contributed by atoms with van der Waals surface area (Å²) >= 11 is 3.48. The maximum Gasteiger partial charge on any atom is 0.120 e. The van der Waals surface area contributed by atoms with E-state index in [1.165, 1.54) is 0 Å². The summed E-state index contributed by atoms with van der Waals surface area (Å²) < 4.78 is 11.7. The molecule has 0 spiro atoms. The molecule has 0 radical (unpaired) electrons. The van der Waals surface area contributed by atoms with Crippen molar-refractivity contribution in [3.8, 4) is 11.5 Å². The zero-order valence-corrected chi connectivity index (χ0v) is 13.2. The molecule has 0 atom stereocenters. The Labute approximate surface area is 128 Å². The molecule has 0 bridgehead atoms. The van der Waals surface area contributed by atoms with Crippen molar-refractivity contribution in [2.24, 2.45) is 0 Å². The number of halogens is 1. The molecular weight excluding hydrogens is 316 g/mol. The van der Waals surface area contributed by atoms with Crippen molar-refractivity contribution in [1.29, 1.82) is 0 Å². The fourth-order valence-corrected chi connectivity index (χ4v) is 2.32. The molecule has 104 valence electrons. The molecule has 0 aromatic heterocycles. The average Bonchev–Trinajstić information content (AvgIpc) is 2.46. The van der Waals surface area contributed by atoms with Gasteiger partial charge in [0.25, 0.3) is 0 Å². The molecule has 3 heteroatoms. The SMILES string of the molecule is CCOc1ccc(/C=C/c2cc(Br)cc(OC)c2)cc1. The van der Waals surface area contributed by atoms with Crippen LogP contribution in [0.3, 0.4) is 0 Å². The Bertz CT molecular complexity index is 588. The predicted octanol–water partition coefficient (Wildman–Crippen LogP) is 5.03. The van der Waals surface area contributed by atoms with Crippen molar-refractivity contribution in [2.45, 2.75) is 6.92 Å². The van der Waals surface area contributed by atoms with E-state index >= 15 is 0 Å². The van der Waals surface area contributed by atoms with Gasteiger partial charge in [0.2, 0.25) is 0 Å². The normalized spacial score (nSPS) is 10.8. The third-order valence-corrected chi connectivity index (χ3v) is 3.25. The maximum absolute atomic E-state index is 5.42. The van der Waals surface area contributed by atoms with Crippen LogP contribution in [-0.4, -0.2) is 13.7 Å². The van der Waals surface area contributed by atoms with Crippen LogP contribution in [0.25, 0.3) is 12.2 Å². The molecule has 20 heavy (non-hydrogen) atoms. The lowest BCUT2D eigenvalue weighted by atomic mass is 10.1. The first kappa shape index (κ1) is 14.7. The number of hydrogen-bond donors (Lipinski definition) is 0. The van der Waals surface area contributed by atoms with Crippen molar-refractivity contribution in [1.82, 2.24) is 0 Å². The first-order chi connectivity index (χ1) is 9.71. The molecule has 0 unspecified atom stereocenters. The van der Waals surface area contributed by atoms with Crippen LogP contribution in [-0.2, 0) is 0 Å².